The predicted molar refractivity (Wildman–Crippen MR) is 57.3 cm³/mol. The molecule has 0 unspecified atom stereocenters. The molecule has 0 aliphatic rings. The van der Waals surface area contributed by atoms with Gasteiger partial charge in [-0.25, -0.2) is 0 Å². The van der Waals surface area contributed by atoms with Crippen LogP contribution in [0.5, 0.6) is 0 Å². The zero-order chi connectivity index (χ0) is 8.81. The maximum Gasteiger partial charge on any atom is -0.00147 e. The standard InChI is InChI=1S/C11H12S/c1-3-5-10(6-4-2)11-7-8-12-9-11/h3-9H,1H2,2H3/b6-4-,10-5+. The average Bonchev–Trinajstić information content (AvgIpc) is 2.56. The molecule has 0 saturated heterocycles. The molecule has 1 rings (SSSR count). The minimum atomic E-state index is 1.22. The fraction of sp³-hybridized carbons (Fsp3) is 0.0909. The van der Waals surface area contributed by atoms with Crippen molar-refractivity contribution >= 4 is 16.9 Å². The molecule has 0 spiro atoms. The maximum atomic E-state index is 3.69. The van der Waals surface area contributed by atoms with Gasteiger partial charge in [0.05, 0.1) is 0 Å². The van der Waals surface area contributed by atoms with Gasteiger partial charge >= 0.3 is 0 Å². The number of hydrogen-bond donors (Lipinski definition) is 0. The molecule has 0 aromatic carbocycles. The minimum absolute atomic E-state index is 1.22. The van der Waals surface area contributed by atoms with Crippen molar-refractivity contribution in [2.75, 3.05) is 0 Å². The summed E-state index contributed by atoms with van der Waals surface area (Å²) >= 11 is 1.71. The number of rotatable bonds is 3. The highest BCUT2D eigenvalue weighted by Gasteiger charge is 1.94. The third-order valence-corrected chi connectivity index (χ3v) is 2.18. The Morgan fingerprint density at radius 1 is 1.58 bits per heavy atom. The molecule has 0 saturated carbocycles. The first-order valence-electron chi connectivity index (χ1n) is 3.86. The van der Waals surface area contributed by atoms with E-state index in [1.165, 1.54) is 11.1 Å². The second-order valence-corrected chi connectivity index (χ2v) is 3.15. The Morgan fingerprint density at radius 2 is 2.42 bits per heavy atom. The highest BCUT2D eigenvalue weighted by Crippen LogP contribution is 2.18. The lowest BCUT2D eigenvalue weighted by Crippen LogP contribution is -1.73. The molecule has 0 radical (unpaired) electrons. The Kier molecular flexibility index (Phi) is 3.55. The fourth-order valence-electron chi connectivity index (χ4n) is 0.983. The quantitative estimate of drug-likeness (QED) is 0.613. The fourth-order valence-corrected chi connectivity index (χ4v) is 1.65. The molecule has 1 aromatic rings. The summed E-state index contributed by atoms with van der Waals surface area (Å²) in [5.74, 6) is 0. The van der Waals surface area contributed by atoms with Gasteiger partial charge in [-0.1, -0.05) is 30.9 Å². The molecule has 0 N–H and O–H groups in total. The van der Waals surface area contributed by atoms with Crippen LogP contribution in [0.1, 0.15) is 12.5 Å². The largest absolute Gasteiger partial charge is 0.152 e. The summed E-state index contributed by atoms with van der Waals surface area (Å²) in [5.41, 5.74) is 2.48. The van der Waals surface area contributed by atoms with E-state index in [0.717, 1.165) is 0 Å². The molecule has 1 aromatic heterocycles. The van der Waals surface area contributed by atoms with Crippen LogP contribution in [0.2, 0.25) is 0 Å². The maximum absolute atomic E-state index is 3.69. The van der Waals surface area contributed by atoms with Crippen LogP contribution in [0, 0.1) is 0 Å². The number of hydrogen-bond acceptors (Lipinski definition) is 1. The summed E-state index contributed by atoms with van der Waals surface area (Å²) < 4.78 is 0. The van der Waals surface area contributed by atoms with E-state index in [0.29, 0.717) is 0 Å². The molecule has 0 bridgehead atoms. The molecule has 0 aliphatic carbocycles. The Hall–Kier alpha value is -1.08. The van der Waals surface area contributed by atoms with Gasteiger partial charge in [-0.05, 0) is 34.9 Å². The highest BCUT2D eigenvalue weighted by atomic mass is 32.1. The second kappa shape index (κ2) is 4.73. The zero-order valence-corrected chi connectivity index (χ0v) is 7.97. The van der Waals surface area contributed by atoms with Crippen molar-refractivity contribution in [1.82, 2.24) is 0 Å². The molecule has 0 nitrogen and oxygen atoms in total. The van der Waals surface area contributed by atoms with Crippen molar-refractivity contribution < 1.29 is 0 Å². The van der Waals surface area contributed by atoms with Crippen molar-refractivity contribution in [3.05, 3.63) is 53.3 Å². The van der Waals surface area contributed by atoms with E-state index >= 15 is 0 Å². The lowest BCUT2D eigenvalue weighted by atomic mass is 10.1. The summed E-state index contributed by atoms with van der Waals surface area (Å²) in [6.07, 6.45) is 7.95. The van der Waals surface area contributed by atoms with E-state index in [1.54, 1.807) is 11.3 Å². The summed E-state index contributed by atoms with van der Waals surface area (Å²) in [5, 5.41) is 4.21. The van der Waals surface area contributed by atoms with E-state index in [2.05, 4.69) is 29.5 Å². The van der Waals surface area contributed by atoms with Crippen molar-refractivity contribution in [1.29, 1.82) is 0 Å². The van der Waals surface area contributed by atoms with Crippen LogP contribution in [0.4, 0.5) is 0 Å². The molecule has 0 atom stereocenters. The van der Waals surface area contributed by atoms with Gasteiger partial charge in [-0.3, -0.25) is 0 Å². The van der Waals surface area contributed by atoms with Gasteiger partial charge in [0.25, 0.3) is 0 Å². The molecule has 0 amide bonds. The Labute approximate surface area is 77.6 Å². The van der Waals surface area contributed by atoms with Crippen LogP contribution < -0.4 is 0 Å². The van der Waals surface area contributed by atoms with Gasteiger partial charge in [0.1, 0.15) is 0 Å². The SMILES string of the molecule is C=C/C=C(\C=C/C)c1ccsc1. The van der Waals surface area contributed by atoms with Gasteiger partial charge in [0, 0.05) is 0 Å². The third-order valence-electron chi connectivity index (χ3n) is 1.50. The Bertz CT molecular complexity index is 289. The molecule has 0 aliphatic heterocycles. The predicted octanol–water partition coefficient (Wildman–Crippen LogP) is 3.89. The summed E-state index contributed by atoms with van der Waals surface area (Å²) in [4.78, 5) is 0. The Morgan fingerprint density at radius 3 is 2.92 bits per heavy atom. The van der Waals surface area contributed by atoms with E-state index in [9.17, 15) is 0 Å². The molecule has 0 fully saturated rings. The van der Waals surface area contributed by atoms with Crippen LogP contribution in [-0.2, 0) is 0 Å². The zero-order valence-electron chi connectivity index (χ0n) is 7.16. The molecular weight excluding hydrogens is 164 g/mol. The first-order valence-corrected chi connectivity index (χ1v) is 4.80. The van der Waals surface area contributed by atoms with Crippen molar-refractivity contribution in [3.8, 4) is 0 Å². The summed E-state index contributed by atoms with van der Waals surface area (Å²) in [6, 6.07) is 2.11. The van der Waals surface area contributed by atoms with Gasteiger partial charge in [-0.15, -0.1) is 0 Å². The van der Waals surface area contributed by atoms with Crippen LogP contribution in [0.15, 0.2) is 47.7 Å². The van der Waals surface area contributed by atoms with Gasteiger partial charge < -0.3 is 0 Å². The van der Waals surface area contributed by atoms with E-state index in [-0.39, 0.29) is 0 Å². The lowest BCUT2D eigenvalue weighted by molar-refractivity contribution is 1.70. The second-order valence-electron chi connectivity index (χ2n) is 2.37. The highest BCUT2D eigenvalue weighted by molar-refractivity contribution is 7.08. The molecule has 1 heterocycles. The number of allylic oxidation sites excluding steroid dienone is 5. The summed E-state index contributed by atoms with van der Waals surface area (Å²) in [6.45, 7) is 5.70. The van der Waals surface area contributed by atoms with E-state index in [4.69, 9.17) is 0 Å². The van der Waals surface area contributed by atoms with Crippen molar-refractivity contribution in [2.24, 2.45) is 0 Å². The van der Waals surface area contributed by atoms with E-state index < -0.39 is 0 Å². The monoisotopic (exact) mass is 176 g/mol. The molecule has 62 valence electrons. The molecular formula is C11H12S. The number of thiophene rings is 1. The van der Waals surface area contributed by atoms with E-state index in [1.807, 2.05) is 25.2 Å². The average molecular weight is 176 g/mol. The first kappa shape index (κ1) is 9.01. The topological polar surface area (TPSA) is 0 Å². The summed E-state index contributed by atoms with van der Waals surface area (Å²) in [7, 11) is 0. The van der Waals surface area contributed by atoms with Crippen LogP contribution >= 0.6 is 11.3 Å². The lowest BCUT2D eigenvalue weighted by Gasteiger charge is -1.95. The Balaban J connectivity index is 2.95. The third kappa shape index (κ3) is 2.21. The molecule has 12 heavy (non-hydrogen) atoms. The first-order chi connectivity index (χ1) is 5.88. The van der Waals surface area contributed by atoms with Gasteiger partial charge in [0.2, 0.25) is 0 Å². The van der Waals surface area contributed by atoms with Crippen molar-refractivity contribution in [2.45, 2.75) is 6.92 Å². The molecule has 1 heteroatoms. The van der Waals surface area contributed by atoms with Crippen molar-refractivity contribution in [3.63, 3.8) is 0 Å². The van der Waals surface area contributed by atoms with Gasteiger partial charge in [-0.2, -0.15) is 11.3 Å². The minimum Gasteiger partial charge on any atom is -0.152 e. The smallest absolute Gasteiger partial charge is 0.00147 e. The van der Waals surface area contributed by atoms with Crippen LogP contribution in [0.3, 0.4) is 0 Å². The van der Waals surface area contributed by atoms with Crippen LogP contribution in [0.25, 0.3) is 5.57 Å². The normalized spacial score (nSPS) is 12.2. The van der Waals surface area contributed by atoms with Crippen LogP contribution in [-0.4, -0.2) is 0 Å². The van der Waals surface area contributed by atoms with Gasteiger partial charge in [0.15, 0.2) is 0 Å².